The summed E-state index contributed by atoms with van der Waals surface area (Å²) in [6.07, 6.45) is -1.01. The van der Waals surface area contributed by atoms with Crippen LogP contribution in [0.15, 0.2) is 0 Å². The highest BCUT2D eigenvalue weighted by molar-refractivity contribution is 6.06. The molecule has 0 aliphatic carbocycles. The SMILES string of the molecule is CC1(C)C(=O)NC(=O)CN1C(=O)N1CC(O)C[C@H]1C(=O)O. The molecule has 0 spiro atoms. The Hall–Kier alpha value is -2.16. The van der Waals surface area contributed by atoms with Gasteiger partial charge in [0, 0.05) is 13.0 Å². The standard InChI is InChI=1S/C12H17N3O6/c1-12(2)10(20)13-8(17)5-15(12)11(21)14-4-6(16)3-7(14)9(18)19/h6-7,16H,3-5H2,1-2H3,(H,18,19)(H,13,17,20)/t6?,7-/m0/s1. The first-order valence-corrected chi connectivity index (χ1v) is 6.48. The number of carboxylic acids is 1. The van der Waals surface area contributed by atoms with Crippen LogP contribution in [-0.4, -0.2) is 74.6 Å². The normalized spacial score (nSPS) is 28.5. The number of rotatable bonds is 1. The molecule has 9 nitrogen and oxygen atoms in total. The number of nitrogens with zero attached hydrogens (tertiary/aromatic N) is 2. The number of aliphatic hydroxyl groups excluding tert-OH is 1. The molecule has 4 amide bonds. The fourth-order valence-electron chi connectivity index (χ4n) is 2.50. The lowest BCUT2D eigenvalue weighted by molar-refractivity contribution is -0.143. The Bertz CT molecular complexity index is 517. The van der Waals surface area contributed by atoms with Crippen LogP contribution < -0.4 is 5.32 Å². The summed E-state index contributed by atoms with van der Waals surface area (Å²) in [5.41, 5.74) is -1.28. The van der Waals surface area contributed by atoms with Gasteiger partial charge in [-0.25, -0.2) is 9.59 Å². The molecule has 0 radical (unpaired) electrons. The summed E-state index contributed by atoms with van der Waals surface area (Å²) in [6, 6.07) is -1.91. The van der Waals surface area contributed by atoms with Gasteiger partial charge in [-0.05, 0) is 13.8 Å². The van der Waals surface area contributed by atoms with E-state index < -0.39 is 41.5 Å². The number of carbonyl (C=O) groups excluding carboxylic acids is 3. The smallest absolute Gasteiger partial charge is 0.326 e. The van der Waals surface area contributed by atoms with Gasteiger partial charge in [0.15, 0.2) is 0 Å². The Balaban J connectivity index is 2.27. The van der Waals surface area contributed by atoms with E-state index in [4.69, 9.17) is 5.11 Å². The molecule has 0 saturated carbocycles. The lowest BCUT2D eigenvalue weighted by Gasteiger charge is -2.42. The lowest BCUT2D eigenvalue weighted by Crippen LogP contribution is -2.67. The molecule has 9 heteroatoms. The number of urea groups is 1. The van der Waals surface area contributed by atoms with Crippen LogP contribution in [0.25, 0.3) is 0 Å². The van der Waals surface area contributed by atoms with E-state index in [-0.39, 0.29) is 19.5 Å². The Labute approximate surface area is 120 Å². The van der Waals surface area contributed by atoms with Gasteiger partial charge in [0.25, 0.3) is 5.91 Å². The van der Waals surface area contributed by atoms with Gasteiger partial charge < -0.3 is 20.0 Å². The first-order chi connectivity index (χ1) is 9.64. The molecule has 2 fully saturated rings. The molecule has 2 saturated heterocycles. The topological polar surface area (TPSA) is 127 Å². The average Bonchev–Trinajstić information content (AvgIpc) is 2.75. The maximum Gasteiger partial charge on any atom is 0.326 e. The number of carboxylic acid groups (broad SMARTS) is 1. The lowest BCUT2D eigenvalue weighted by atomic mass is 9.99. The summed E-state index contributed by atoms with van der Waals surface area (Å²) in [7, 11) is 0. The van der Waals surface area contributed by atoms with Gasteiger partial charge in [-0.1, -0.05) is 0 Å². The van der Waals surface area contributed by atoms with Crippen molar-refractivity contribution in [1.82, 2.24) is 15.1 Å². The van der Waals surface area contributed by atoms with Crippen LogP contribution in [0, 0.1) is 0 Å². The van der Waals surface area contributed by atoms with Crippen LogP contribution in [0.4, 0.5) is 4.79 Å². The van der Waals surface area contributed by atoms with Gasteiger partial charge in [0.1, 0.15) is 18.1 Å². The molecular weight excluding hydrogens is 282 g/mol. The summed E-state index contributed by atoms with van der Waals surface area (Å²) >= 11 is 0. The van der Waals surface area contributed by atoms with Crippen LogP contribution in [-0.2, 0) is 14.4 Å². The average molecular weight is 299 g/mol. The molecule has 2 aliphatic heterocycles. The van der Waals surface area contributed by atoms with Crippen LogP contribution in [0.1, 0.15) is 20.3 Å². The van der Waals surface area contributed by atoms with Crippen molar-refractivity contribution in [3.8, 4) is 0 Å². The molecule has 0 aromatic heterocycles. The predicted molar refractivity (Wildman–Crippen MR) is 68.1 cm³/mol. The fraction of sp³-hybridized carbons (Fsp3) is 0.667. The van der Waals surface area contributed by atoms with E-state index in [0.29, 0.717) is 0 Å². The third kappa shape index (κ3) is 2.56. The Morgan fingerprint density at radius 2 is 1.95 bits per heavy atom. The number of likely N-dealkylation sites (tertiary alicyclic amines) is 1. The Morgan fingerprint density at radius 1 is 1.33 bits per heavy atom. The number of nitrogens with one attached hydrogen (secondary N) is 1. The largest absolute Gasteiger partial charge is 0.480 e. The van der Waals surface area contributed by atoms with E-state index >= 15 is 0 Å². The fourth-order valence-corrected chi connectivity index (χ4v) is 2.50. The summed E-state index contributed by atoms with van der Waals surface area (Å²) < 4.78 is 0. The van der Waals surface area contributed by atoms with Gasteiger partial charge in [-0.15, -0.1) is 0 Å². The van der Waals surface area contributed by atoms with Crippen molar-refractivity contribution in [2.45, 2.75) is 38.0 Å². The first kappa shape index (κ1) is 15.2. The second-order valence-electron chi connectivity index (χ2n) is 5.70. The van der Waals surface area contributed by atoms with Crippen LogP contribution in [0.3, 0.4) is 0 Å². The number of hydrogen-bond acceptors (Lipinski definition) is 5. The third-order valence-corrected chi connectivity index (χ3v) is 3.83. The third-order valence-electron chi connectivity index (χ3n) is 3.83. The maximum absolute atomic E-state index is 12.5. The number of carbonyl (C=O) groups is 4. The van der Waals surface area contributed by atoms with Gasteiger partial charge in [0.2, 0.25) is 5.91 Å². The summed E-state index contributed by atoms with van der Waals surface area (Å²) in [5.74, 6) is -2.48. The zero-order chi connectivity index (χ0) is 15.9. The van der Waals surface area contributed by atoms with E-state index in [9.17, 15) is 24.3 Å². The number of β-amino-alcohol motifs (C(OH)–C–C–N with tert-alkyl or cyclic N) is 1. The van der Waals surface area contributed by atoms with Crippen molar-refractivity contribution in [1.29, 1.82) is 0 Å². The number of amides is 4. The van der Waals surface area contributed by atoms with E-state index in [1.54, 1.807) is 0 Å². The van der Waals surface area contributed by atoms with E-state index in [1.807, 2.05) is 0 Å². The first-order valence-electron chi connectivity index (χ1n) is 6.48. The Morgan fingerprint density at radius 3 is 2.52 bits per heavy atom. The van der Waals surface area contributed by atoms with Crippen molar-refractivity contribution < 1.29 is 29.4 Å². The summed E-state index contributed by atoms with van der Waals surface area (Å²) in [4.78, 5) is 49.0. The van der Waals surface area contributed by atoms with Crippen LogP contribution in [0.5, 0.6) is 0 Å². The van der Waals surface area contributed by atoms with Crippen molar-refractivity contribution in [3.63, 3.8) is 0 Å². The van der Waals surface area contributed by atoms with Gasteiger partial charge in [0.05, 0.1) is 6.10 Å². The maximum atomic E-state index is 12.5. The van der Waals surface area contributed by atoms with Crippen molar-refractivity contribution in [2.24, 2.45) is 0 Å². The molecule has 0 aromatic rings. The minimum Gasteiger partial charge on any atom is -0.480 e. The molecule has 116 valence electrons. The van der Waals surface area contributed by atoms with E-state index in [0.717, 1.165) is 9.80 Å². The molecule has 2 atom stereocenters. The highest BCUT2D eigenvalue weighted by Crippen LogP contribution is 2.25. The van der Waals surface area contributed by atoms with Crippen LogP contribution >= 0.6 is 0 Å². The zero-order valence-electron chi connectivity index (χ0n) is 11.7. The van der Waals surface area contributed by atoms with Gasteiger partial charge in [-0.2, -0.15) is 0 Å². The molecule has 1 unspecified atom stereocenters. The minimum atomic E-state index is -1.28. The molecular formula is C12H17N3O6. The second kappa shape index (κ2) is 4.99. The van der Waals surface area contributed by atoms with E-state index in [1.165, 1.54) is 13.8 Å². The van der Waals surface area contributed by atoms with Gasteiger partial charge in [-0.3, -0.25) is 14.9 Å². The number of imide groups is 1. The van der Waals surface area contributed by atoms with Crippen LogP contribution in [0.2, 0.25) is 0 Å². The monoisotopic (exact) mass is 299 g/mol. The molecule has 2 heterocycles. The van der Waals surface area contributed by atoms with E-state index in [2.05, 4.69) is 5.32 Å². The number of piperazine rings is 1. The molecule has 0 aromatic carbocycles. The van der Waals surface area contributed by atoms with Crippen molar-refractivity contribution in [3.05, 3.63) is 0 Å². The number of aliphatic hydroxyl groups is 1. The minimum absolute atomic E-state index is 0.0739. The quantitative estimate of drug-likeness (QED) is 0.498. The zero-order valence-corrected chi connectivity index (χ0v) is 11.7. The molecule has 3 N–H and O–H groups in total. The molecule has 2 rings (SSSR count). The molecule has 0 bridgehead atoms. The van der Waals surface area contributed by atoms with Crippen molar-refractivity contribution in [2.75, 3.05) is 13.1 Å². The highest BCUT2D eigenvalue weighted by atomic mass is 16.4. The number of aliphatic carboxylic acids is 1. The molecule has 21 heavy (non-hydrogen) atoms. The summed E-state index contributed by atoms with van der Waals surface area (Å²) in [5, 5.41) is 20.8. The highest BCUT2D eigenvalue weighted by Gasteiger charge is 2.48. The molecule has 2 aliphatic rings. The number of hydrogen-bond donors (Lipinski definition) is 3. The predicted octanol–water partition coefficient (Wildman–Crippen LogP) is -1.64. The second-order valence-corrected chi connectivity index (χ2v) is 5.70. The Kier molecular flexibility index (Phi) is 3.62. The van der Waals surface area contributed by atoms with Crippen molar-refractivity contribution >= 4 is 23.8 Å². The summed E-state index contributed by atoms with van der Waals surface area (Å²) in [6.45, 7) is 2.46. The van der Waals surface area contributed by atoms with Gasteiger partial charge >= 0.3 is 12.0 Å².